The predicted molar refractivity (Wildman–Crippen MR) is 78.0 cm³/mol. The van der Waals surface area contributed by atoms with Crippen molar-refractivity contribution in [1.82, 2.24) is 4.98 Å². The number of aromatic nitrogens is 1. The standard InChI is InChI=1S/C16H16N2O/c19-11-14-4-1-2-7-15(14)18-10-13-6-3-5-12-8-9-17-16(12)13/h1-9,17-19H,10-11H2. The summed E-state index contributed by atoms with van der Waals surface area (Å²) in [6.45, 7) is 0.782. The van der Waals surface area contributed by atoms with Gasteiger partial charge in [-0.05, 0) is 23.1 Å². The van der Waals surface area contributed by atoms with Gasteiger partial charge in [0.2, 0.25) is 0 Å². The SMILES string of the molecule is OCc1ccccc1NCc1cccc2cc[nH]c12. The third kappa shape index (κ3) is 2.33. The van der Waals surface area contributed by atoms with Crippen molar-refractivity contribution in [2.24, 2.45) is 0 Å². The van der Waals surface area contributed by atoms with Crippen LogP contribution in [0.25, 0.3) is 10.9 Å². The molecule has 0 aliphatic rings. The van der Waals surface area contributed by atoms with Gasteiger partial charge in [0.1, 0.15) is 0 Å². The highest BCUT2D eigenvalue weighted by Crippen LogP contribution is 2.20. The van der Waals surface area contributed by atoms with Crippen LogP contribution in [0.1, 0.15) is 11.1 Å². The fraction of sp³-hybridized carbons (Fsp3) is 0.125. The minimum atomic E-state index is 0.0515. The van der Waals surface area contributed by atoms with E-state index in [1.54, 1.807) is 0 Å². The Labute approximate surface area is 111 Å². The number of nitrogens with one attached hydrogen (secondary N) is 2. The zero-order valence-corrected chi connectivity index (χ0v) is 10.6. The van der Waals surface area contributed by atoms with Gasteiger partial charge in [0.05, 0.1) is 12.1 Å². The summed E-state index contributed by atoms with van der Waals surface area (Å²) in [7, 11) is 0. The molecule has 0 bridgehead atoms. The summed E-state index contributed by atoms with van der Waals surface area (Å²) in [5, 5.41) is 13.9. The molecule has 0 unspecified atom stereocenters. The maximum atomic E-state index is 9.31. The Bertz CT molecular complexity index is 688. The Hall–Kier alpha value is -2.26. The molecule has 0 fully saturated rings. The number of hydrogen-bond donors (Lipinski definition) is 3. The topological polar surface area (TPSA) is 48.0 Å². The summed E-state index contributed by atoms with van der Waals surface area (Å²) < 4.78 is 0. The fourth-order valence-electron chi connectivity index (χ4n) is 2.32. The summed E-state index contributed by atoms with van der Waals surface area (Å²) in [6, 6.07) is 16.1. The zero-order valence-electron chi connectivity index (χ0n) is 10.6. The number of aliphatic hydroxyl groups is 1. The van der Waals surface area contributed by atoms with Crippen molar-refractivity contribution in [3.05, 3.63) is 65.9 Å². The van der Waals surface area contributed by atoms with Gasteiger partial charge in [0.25, 0.3) is 0 Å². The van der Waals surface area contributed by atoms with E-state index < -0.39 is 0 Å². The van der Waals surface area contributed by atoms with Gasteiger partial charge in [-0.15, -0.1) is 0 Å². The molecule has 2 aromatic carbocycles. The zero-order chi connectivity index (χ0) is 13.1. The molecule has 0 aliphatic heterocycles. The first-order valence-electron chi connectivity index (χ1n) is 6.36. The highest BCUT2D eigenvalue weighted by Gasteiger charge is 2.03. The van der Waals surface area contributed by atoms with Crippen molar-refractivity contribution < 1.29 is 5.11 Å². The number of hydrogen-bond acceptors (Lipinski definition) is 2. The van der Waals surface area contributed by atoms with Crippen LogP contribution in [0, 0.1) is 0 Å². The van der Waals surface area contributed by atoms with Crippen molar-refractivity contribution in [2.45, 2.75) is 13.2 Å². The van der Waals surface area contributed by atoms with Crippen LogP contribution in [0.5, 0.6) is 0 Å². The Balaban J connectivity index is 1.84. The molecule has 96 valence electrons. The van der Waals surface area contributed by atoms with Crippen molar-refractivity contribution in [2.75, 3.05) is 5.32 Å². The number of aromatic amines is 1. The van der Waals surface area contributed by atoms with E-state index in [4.69, 9.17) is 0 Å². The first-order chi connectivity index (χ1) is 9.38. The van der Waals surface area contributed by atoms with Gasteiger partial charge < -0.3 is 15.4 Å². The third-order valence-corrected chi connectivity index (χ3v) is 3.33. The Morgan fingerprint density at radius 3 is 2.68 bits per heavy atom. The first kappa shape index (κ1) is 11.8. The summed E-state index contributed by atoms with van der Waals surface area (Å²) >= 11 is 0. The number of aliphatic hydroxyl groups excluding tert-OH is 1. The fourth-order valence-corrected chi connectivity index (χ4v) is 2.32. The van der Waals surface area contributed by atoms with E-state index >= 15 is 0 Å². The van der Waals surface area contributed by atoms with E-state index in [0.717, 1.165) is 23.3 Å². The van der Waals surface area contributed by atoms with E-state index in [-0.39, 0.29) is 6.61 Å². The van der Waals surface area contributed by atoms with Crippen LogP contribution in [-0.2, 0) is 13.2 Å². The van der Waals surface area contributed by atoms with Crippen LogP contribution in [0.4, 0.5) is 5.69 Å². The molecule has 3 heteroatoms. The largest absolute Gasteiger partial charge is 0.392 e. The van der Waals surface area contributed by atoms with Crippen molar-refractivity contribution in [3.63, 3.8) is 0 Å². The molecule has 1 aromatic heterocycles. The second-order valence-electron chi connectivity index (χ2n) is 4.53. The van der Waals surface area contributed by atoms with E-state index in [1.165, 1.54) is 10.9 Å². The van der Waals surface area contributed by atoms with E-state index in [2.05, 4.69) is 34.6 Å². The third-order valence-electron chi connectivity index (χ3n) is 3.33. The molecule has 0 amide bonds. The van der Waals surface area contributed by atoms with Gasteiger partial charge >= 0.3 is 0 Å². The molecule has 1 heterocycles. The molecule has 3 rings (SSSR count). The van der Waals surface area contributed by atoms with Gasteiger partial charge in [-0.3, -0.25) is 0 Å². The summed E-state index contributed by atoms with van der Waals surface area (Å²) in [6.07, 6.45) is 1.95. The minimum absolute atomic E-state index is 0.0515. The summed E-state index contributed by atoms with van der Waals surface area (Å²) in [5.41, 5.74) is 4.28. The van der Waals surface area contributed by atoms with Gasteiger partial charge in [-0.1, -0.05) is 36.4 Å². The maximum Gasteiger partial charge on any atom is 0.0701 e. The number of fused-ring (bicyclic) bond motifs is 1. The second kappa shape index (κ2) is 5.16. The molecule has 3 N–H and O–H groups in total. The average Bonchev–Trinajstić information content (AvgIpc) is 2.94. The highest BCUT2D eigenvalue weighted by atomic mass is 16.3. The molecule has 0 saturated carbocycles. The highest BCUT2D eigenvalue weighted by molar-refractivity contribution is 5.82. The Morgan fingerprint density at radius 1 is 0.947 bits per heavy atom. The van der Waals surface area contributed by atoms with E-state index in [9.17, 15) is 5.11 Å². The molecular weight excluding hydrogens is 236 g/mol. The summed E-state index contributed by atoms with van der Waals surface area (Å²) in [5.74, 6) is 0. The first-order valence-corrected chi connectivity index (χ1v) is 6.36. The van der Waals surface area contributed by atoms with Crippen LogP contribution in [0.15, 0.2) is 54.7 Å². The van der Waals surface area contributed by atoms with Crippen LogP contribution in [0.3, 0.4) is 0 Å². The van der Waals surface area contributed by atoms with Gasteiger partial charge in [0, 0.05) is 24.0 Å². The monoisotopic (exact) mass is 252 g/mol. The molecular formula is C16H16N2O. The van der Waals surface area contributed by atoms with Gasteiger partial charge in [0.15, 0.2) is 0 Å². The maximum absolute atomic E-state index is 9.31. The molecule has 0 aliphatic carbocycles. The van der Waals surface area contributed by atoms with Crippen molar-refractivity contribution in [1.29, 1.82) is 0 Å². The molecule has 0 atom stereocenters. The van der Waals surface area contributed by atoms with Gasteiger partial charge in [-0.2, -0.15) is 0 Å². The molecule has 3 nitrogen and oxygen atoms in total. The molecule has 19 heavy (non-hydrogen) atoms. The van der Waals surface area contributed by atoms with Crippen molar-refractivity contribution >= 4 is 16.6 Å². The smallest absolute Gasteiger partial charge is 0.0701 e. The van der Waals surface area contributed by atoms with Crippen LogP contribution >= 0.6 is 0 Å². The number of para-hydroxylation sites is 2. The molecule has 0 radical (unpaired) electrons. The van der Waals surface area contributed by atoms with E-state index in [0.29, 0.717) is 0 Å². The van der Waals surface area contributed by atoms with E-state index in [1.807, 2.05) is 30.5 Å². The number of anilines is 1. The van der Waals surface area contributed by atoms with Crippen LogP contribution < -0.4 is 5.32 Å². The van der Waals surface area contributed by atoms with Crippen LogP contribution in [0.2, 0.25) is 0 Å². The lowest BCUT2D eigenvalue weighted by Crippen LogP contribution is -2.02. The molecule has 3 aromatic rings. The second-order valence-corrected chi connectivity index (χ2v) is 4.53. The lowest BCUT2D eigenvalue weighted by molar-refractivity contribution is 0.282. The number of H-pyrrole nitrogens is 1. The summed E-state index contributed by atoms with van der Waals surface area (Å²) in [4.78, 5) is 3.26. The Kier molecular flexibility index (Phi) is 3.21. The molecule has 0 saturated heterocycles. The lowest BCUT2D eigenvalue weighted by Gasteiger charge is -2.11. The predicted octanol–water partition coefficient (Wildman–Crippen LogP) is 3.27. The quantitative estimate of drug-likeness (QED) is 0.667. The minimum Gasteiger partial charge on any atom is -0.392 e. The number of benzene rings is 2. The number of rotatable bonds is 4. The van der Waals surface area contributed by atoms with Crippen molar-refractivity contribution in [3.8, 4) is 0 Å². The van der Waals surface area contributed by atoms with Crippen LogP contribution in [-0.4, -0.2) is 10.1 Å². The van der Waals surface area contributed by atoms with Gasteiger partial charge in [-0.25, -0.2) is 0 Å². The molecule has 0 spiro atoms. The normalized spacial score (nSPS) is 10.8. The average molecular weight is 252 g/mol. The Morgan fingerprint density at radius 2 is 1.79 bits per heavy atom. The lowest BCUT2D eigenvalue weighted by atomic mass is 10.1.